The van der Waals surface area contributed by atoms with E-state index in [1.54, 1.807) is 26.8 Å². The van der Waals surface area contributed by atoms with Gasteiger partial charge in [-0.15, -0.1) is 0 Å². The molecule has 23 heavy (non-hydrogen) atoms. The minimum atomic E-state index is -4.08. The SMILES string of the molecule is Cc1ccc(F)c(S(=O)(=O)NCC(C)(O)c2cc(C)oc2C)c1. The standard InChI is InChI=1S/C16H20FNO4S/c1-10-5-6-14(17)15(7-10)23(20,21)18-9-16(4,19)13-8-11(2)22-12(13)3/h5-8,18-19H,9H2,1-4H3. The van der Waals surface area contributed by atoms with Crippen LogP contribution in [0.5, 0.6) is 0 Å². The van der Waals surface area contributed by atoms with Gasteiger partial charge in [-0.1, -0.05) is 6.07 Å². The van der Waals surface area contributed by atoms with Crippen LogP contribution in [0.25, 0.3) is 0 Å². The first-order valence-corrected chi connectivity index (χ1v) is 8.57. The molecule has 1 unspecified atom stereocenters. The highest BCUT2D eigenvalue weighted by molar-refractivity contribution is 7.89. The van der Waals surface area contributed by atoms with E-state index in [2.05, 4.69) is 4.72 Å². The molecule has 2 rings (SSSR count). The van der Waals surface area contributed by atoms with Crippen LogP contribution in [0, 0.1) is 26.6 Å². The van der Waals surface area contributed by atoms with Gasteiger partial charge in [-0.25, -0.2) is 17.5 Å². The Morgan fingerprint density at radius 1 is 1.26 bits per heavy atom. The summed E-state index contributed by atoms with van der Waals surface area (Å²) >= 11 is 0. The number of hydrogen-bond donors (Lipinski definition) is 2. The Hall–Kier alpha value is -1.70. The molecular weight excluding hydrogens is 321 g/mol. The maximum atomic E-state index is 13.8. The zero-order valence-electron chi connectivity index (χ0n) is 13.5. The van der Waals surface area contributed by atoms with Gasteiger partial charge in [0.15, 0.2) is 0 Å². The summed E-state index contributed by atoms with van der Waals surface area (Å²) in [4.78, 5) is -0.437. The molecule has 0 amide bonds. The summed E-state index contributed by atoms with van der Waals surface area (Å²) in [5.74, 6) is 0.289. The predicted octanol–water partition coefficient (Wildman–Crippen LogP) is 2.53. The molecule has 0 saturated carbocycles. The van der Waals surface area contributed by atoms with Gasteiger partial charge in [-0.3, -0.25) is 0 Å². The fourth-order valence-electron chi connectivity index (χ4n) is 2.39. The van der Waals surface area contributed by atoms with Crippen molar-refractivity contribution in [2.24, 2.45) is 0 Å². The van der Waals surface area contributed by atoms with Crippen molar-refractivity contribution in [1.82, 2.24) is 4.72 Å². The van der Waals surface area contributed by atoms with Crippen LogP contribution in [0.15, 0.2) is 33.6 Å². The van der Waals surface area contributed by atoms with E-state index < -0.39 is 26.3 Å². The van der Waals surface area contributed by atoms with Gasteiger partial charge >= 0.3 is 0 Å². The minimum Gasteiger partial charge on any atom is -0.466 e. The molecule has 2 aromatic rings. The number of furan rings is 1. The Morgan fingerprint density at radius 3 is 2.48 bits per heavy atom. The van der Waals surface area contributed by atoms with E-state index in [1.165, 1.54) is 19.1 Å². The van der Waals surface area contributed by atoms with Crippen molar-refractivity contribution in [2.45, 2.75) is 38.2 Å². The molecule has 1 atom stereocenters. The monoisotopic (exact) mass is 341 g/mol. The number of aryl methyl sites for hydroxylation is 3. The average molecular weight is 341 g/mol. The van der Waals surface area contributed by atoms with Gasteiger partial charge in [0.05, 0.1) is 0 Å². The Morgan fingerprint density at radius 2 is 1.91 bits per heavy atom. The molecule has 0 aliphatic rings. The lowest BCUT2D eigenvalue weighted by molar-refractivity contribution is 0.0612. The van der Waals surface area contributed by atoms with Gasteiger partial charge < -0.3 is 9.52 Å². The van der Waals surface area contributed by atoms with Crippen LogP contribution < -0.4 is 4.72 Å². The molecule has 5 nitrogen and oxygen atoms in total. The van der Waals surface area contributed by atoms with E-state index in [1.807, 2.05) is 0 Å². The molecule has 2 N–H and O–H groups in total. The third kappa shape index (κ3) is 3.80. The van der Waals surface area contributed by atoms with Crippen molar-refractivity contribution in [3.05, 3.63) is 52.7 Å². The highest BCUT2D eigenvalue weighted by atomic mass is 32.2. The molecule has 0 aliphatic carbocycles. The zero-order chi connectivity index (χ0) is 17.4. The van der Waals surface area contributed by atoms with Crippen LogP contribution in [0.2, 0.25) is 0 Å². The number of halogens is 1. The molecule has 1 heterocycles. The van der Waals surface area contributed by atoms with Crippen molar-refractivity contribution >= 4 is 10.0 Å². The maximum absolute atomic E-state index is 13.8. The van der Waals surface area contributed by atoms with Gasteiger partial charge in [0.25, 0.3) is 0 Å². The Bertz CT molecular complexity index is 825. The van der Waals surface area contributed by atoms with Gasteiger partial charge in [0, 0.05) is 12.1 Å². The van der Waals surface area contributed by atoms with Crippen molar-refractivity contribution < 1.29 is 22.3 Å². The molecule has 1 aromatic carbocycles. The lowest BCUT2D eigenvalue weighted by Gasteiger charge is -2.23. The second kappa shape index (κ2) is 6.07. The fourth-order valence-corrected chi connectivity index (χ4v) is 3.68. The fraction of sp³-hybridized carbons (Fsp3) is 0.375. The van der Waals surface area contributed by atoms with Crippen LogP contribution in [0.4, 0.5) is 4.39 Å². The first-order chi connectivity index (χ1) is 10.5. The first-order valence-electron chi connectivity index (χ1n) is 7.08. The van der Waals surface area contributed by atoms with Crippen LogP contribution >= 0.6 is 0 Å². The molecule has 0 bridgehead atoms. The summed E-state index contributed by atoms with van der Waals surface area (Å²) in [7, 11) is -4.08. The third-order valence-electron chi connectivity index (χ3n) is 3.60. The predicted molar refractivity (Wildman–Crippen MR) is 84.1 cm³/mol. The van der Waals surface area contributed by atoms with Gasteiger partial charge in [-0.05, 0) is 51.5 Å². The molecule has 0 spiro atoms. The molecule has 7 heteroatoms. The maximum Gasteiger partial charge on any atom is 0.243 e. The number of aliphatic hydroxyl groups is 1. The average Bonchev–Trinajstić information content (AvgIpc) is 2.79. The third-order valence-corrected chi connectivity index (χ3v) is 5.02. The van der Waals surface area contributed by atoms with Gasteiger partial charge in [0.2, 0.25) is 10.0 Å². The topological polar surface area (TPSA) is 79.5 Å². The van der Waals surface area contributed by atoms with Gasteiger partial charge in [0.1, 0.15) is 27.8 Å². The summed E-state index contributed by atoms with van der Waals surface area (Å²) in [6, 6.07) is 5.49. The molecule has 0 saturated heterocycles. The number of sulfonamides is 1. The Kier molecular flexibility index (Phi) is 4.66. The quantitative estimate of drug-likeness (QED) is 0.876. The summed E-state index contributed by atoms with van der Waals surface area (Å²) in [5, 5.41) is 10.5. The zero-order valence-corrected chi connectivity index (χ0v) is 14.3. The number of hydrogen-bond acceptors (Lipinski definition) is 4. The van der Waals surface area contributed by atoms with E-state index in [0.717, 1.165) is 6.07 Å². The van der Waals surface area contributed by atoms with Gasteiger partial charge in [-0.2, -0.15) is 0 Å². The number of nitrogens with one attached hydrogen (secondary N) is 1. The normalized spacial score (nSPS) is 14.7. The van der Waals surface area contributed by atoms with Crippen LogP contribution in [0.3, 0.4) is 0 Å². The summed E-state index contributed by atoms with van der Waals surface area (Å²) in [6.45, 7) is 6.26. The molecule has 0 aliphatic heterocycles. The van der Waals surface area contributed by atoms with Crippen LogP contribution in [0.1, 0.15) is 29.6 Å². The number of benzene rings is 1. The molecular formula is C16H20FNO4S. The summed E-state index contributed by atoms with van der Waals surface area (Å²) in [6.07, 6.45) is 0. The summed E-state index contributed by atoms with van der Waals surface area (Å²) < 4.78 is 46.0. The number of rotatable bonds is 5. The van der Waals surface area contributed by atoms with Crippen LogP contribution in [-0.2, 0) is 15.6 Å². The van der Waals surface area contributed by atoms with Crippen molar-refractivity contribution in [1.29, 1.82) is 0 Å². The largest absolute Gasteiger partial charge is 0.466 e. The smallest absolute Gasteiger partial charge is 0.243 e. The lowest BCUT2D eigenvalue weighted by atomic mass is 9.97. The highest BCUT2D eigenvalue weighted by Crippen LogP contribution is 2.27. The molecule has 0 fully saturated rings. The van der Waals surface area contributed by atoms with Crippen molar-refractivity contribution in [3.8, 4) is 0 Å². The first kappa shape index (κ1) is 17.7. The van der Waals surface area contributed by atoms with Crippen molar-refractivity contribution in [3.63, 3.8) is 0 Å². The summed E-state index contributed by atoms with van der Waals surface area (Å²) in [5.41, 5.74) is -0.364. The van der Waals surface area contributed by atoms with E-state index in [0.29, 0.717) is 22.6 Å². The second-order valence-corrected chi connectivity index (χ2v) is 7.59. The van der Waals surface area contributed by atoms with E-state index in [4.69, 9.17) is 4.42 Å². The Balaban J connectivity index is 2.25. The second-order valence-electron chi connectivity index (χ2n) is 5.86. The van der Waals surface area contributed by atoms with Crippen molar-refractivity contribution in [2.75, 3.05) is 6.54 Å². The Labute approximate surface area is 135 Å². The van der Waals surface area contributed by atoms with E-state index in [9.17, 15) is 17.9 Å². The molecule has 0 radical (unpaired) electrons. The van der Waals surface area contributed by atoms with E-state index in [-0.39, 0.29) is 6.54 Å². The molecule has 126 valence electrons. The lowest BCUT2D eigenvalue weighted by Crippen LogP contribution is -2.39. The van der Waals surface area contributed by atoms with E-state index >= 15 is 0 Å². The highest BCUT2D eigenvalue weighted by Gasteiger charge is 2.30. The minimum absolute atomic E-state index is 0.303. The molecule has 1 aromatic heterocycles. The van der Waals surface area contributed by atoms with Crippen LogP contribution in [-0.4, -0.2) is 20.1 Å².